The molecule has 7 heteroatoms. The van der Waals surface area contributed by atoms with E-state index in [4.69, 9.17) is 4.74 Å². The van der Waals surface area contributed by atoms with Crippen LogP contribution in [0.1, 0.15) is 12.5 Å². The number of fused-ring (bicyclic) bond motifs is 1. The number of benzene rings is 2. The minimum Gasteiger partial charge on any atom is -0.497 e. The number of carbonyl (C=O) groups excluding carboxylic acids is 1. The van der Waals surface area contributed by atoms with Crippen LogP contribution in [-0.2, 0) is 11.3 Å². The number of hydrogen-bond donors (Lipinski definition) is 1. The monoisotopic (exact) mass is 368 g/mol. The predicted molar refractivity (Wildman–Crippen MR) is 105 cm³/mol. The molecule has 3 rings (SSSR count). The Morgan fingerprint density at radius 3 is 2.77 bits per heavy atom. The van der Waals surface area contributed by atoms with Gasteiger partial charge in [-0.15, -0.1) is 0 Å². The standard InChI is InChI=1S/C19H20N4O2S/c1-3-23-17-7-5-4-6-16(17)21-19(23)26-13-18(24)22-20-12-14-8-10-15(25-2)11-9-14/h4-12H,3,13H2,1-2H3,(H,22,24)/b20-12-. The maximum atomic E-state index is 12.0. The van der Waals surface area contributed by atoms with E-state index in [2.05, 4.69) is 27.0 Å². The van der Waals surface area contributed by atoms with Crippen molar-refractivity contribution in [1.29, 1.82) is 0 Å². The van der Waals surface area contributed by atoms with E-state index in [-0.39, 0.29) is 11.7 Å². The number of para-hydroxylation sites is 2. The van der Waals surface area contributed by atoms with Crippen molar-refractivity contribution in [2.45, 2.75) is 18.6 Å². The molecule has 1 aromatic heterocycles. The van der Waals surface area contributed by atoms with Crippen LogP contribution in [0.4, 0.5) is 0 Å². The van der Waals surface area contributed by atoms with Gasteiger partial charge in [-0.05, 0) is 48.9 Å². The molecule has 0 fully saturated rings. The molecule has 0 saturated heterocycles. The number of carbonyl (C=O) groups is 1. The van der Waals surface area contributed by atoms with Gasteiger partial charge in [-0.3, -0.25) is 4.79 Å². The van der Waals surface area contributed by atoms with E-state index in [1.54, 1.807) is 13.3 Å². The molecule has 0 unspecified atom stereocenters. The Morgan fingerprint density at radius 2 is 2.04 bits per heavy atom. The number of nitrogens with one attached hydrogen (secondary N) is 1. The SMILES string of the molecule is CCn1c(SCC(=O)N/N=C\c2ccc(OC)cc2)nc2ccccc21. The molecule has 3 aromatic rings. The van der Waals surface area contributed by atoms with Gasteiger partial charge in [0.2, 0.25) is 0 Å². The first kappa shape index (κ1) is 18.0. The zero-order chi connectivity index (χ0) is 18.4. The molecule has 0 bridgehead atoms. The molecule has 0 atom stereocenters. The minimum absolute atomic E-state index is 0.172. The van der Waals surface area contributed by atoms with Gasteiger partial charge in [0.25, 0.3) is 5.91 Å². The summed E-state index contributed by atoms with van der Waals surface area (Å²) >= 11 is 1.41. The molecule has 0 spiro atoms. The number of rotatable bonds is 7. The summed E-state index contributed by atoms with van der Waals surface area (Å²) in [6.45, 7) is 2.87. The van der Waals surface area contributed by atoms with E-state index in [0.717, 1.165) is 34.0 Å². The first-order valence-electron chi connectivity index (χ1n) is 8.25. The van der Waals surface area contributed by atoms with Crippen LogP contribution in [0.3, 0.4) is 0 Å². The van der Waals surface area contributed by atoms with Gasteiger partial charge >= 0.3 is 0 Å². The number of nitrogens with zero attached hydrogens (tertiary/aromatic N) is 3. The third-order valence-corrected chi connectivity index (χ3v) is 4.76. The Morgan fingerprint density at radius 1 is 1.27 bits per heavy atom. The highest BCUT2D eigenvalue weighted by Gasteiger charge is 2.11. The van der Waals surface area contributed by atoms with E-state index in [1.165, 1.54) is 11.8 Å². The Hall–Kier alpha value is -2.80. The molecule has 1 amide bonds. The summed E-state index contributed by atoms with van der Waals surface area (Å²) in [6.07, 6.45) is 1.60. The van der Waals surface area contributed by atoms with E-state index < -0.39 is 0 Å². The lowest BCUT2D eigenvalue weighted by molar-refractivity contribution is -0.118. The second kappa shape index (κ2) is 8.53. The molecule has 0 aliphatic carbocycles. The maximum absolute atomic E-state index is 12.0. The van der Waals surface area contributed by atoms with Crippen molar-refractivity contribution in [3.63, 3.8) is 0 Å². The lowest BCUT2D eigenvalue weighted by Crippen LogP contribution is -2.20. The Kier molecular flexibility index (Phi) is 5.91. The largest absolute Gasteiger partial charge is 0.497 e. The molecule has 26 heavy (non-hydrogen) atoms. The van der Waals surface area contributed by atoms with Crippen molar-refractivity contribution in [1.82, 2.24) is 15.0 Å². The quantitative estimate of drug-likeness (QED) is 0.395. The average molecular weight is 368 g/mol. The molecule has 134 valence electrons. The summed E-state index contributed by atoms with van der Waals surface area (Å²) in [5.74, 6) is 0.861. The number of ether oxygens (including phenoxy) is 1. The summed E-state index contributed by atoms with van der Waals surface area (Å²) in [5, 5.41) is 4.82. The van der Waals surface area contributed by atoms with Crippen molar-refractivity contribution < 1.29 is 9.53 Å². The first-order valence-corrected chi connectivity index (χ1v) is 9.24. The van der Waals surface area contributed by atoms with E-state index in [9.17, 15) is 4.79 Å². The number of methoxy groups -OCH3 is 1. The lowest BCUT2D eigenvalue weighted by Gasteiger charge is -2.05. The second-order valence-corrected chi connectivity index (χ2v) is 6.42. The van der Waals surface area contributed by atoms with Gasteiger partial charge in [-0.25, -0.2) is 10.4 Å². The number of imidazole rings is 1. The van der Waals surface area contributed by atoms with Gasteiger partial charge in [0.15, 0.2) is 5.16 Å². The maximum Gasteiger partial charge on any atom is 0.250 e. The third kappa shape index (κ3) is 4.23. The lowest BCUT2D eigenvalue weighted by atomic mass is 10.2. The highest BCUT2D eigenvalue weighted by atomic mass is 32.2. The normalized spacial score (nSPS) is 11.2. The van der Waals surface area contributed by atoms with Crippen molar-refractivity contribution in [2.24, 2.45) is 5.10 Å². The summed E-state index contributed by atoms with van der Waals surface area (Å²) in [4.78, 5) is 16.6. The minimum atomic E-state index is -0.172. The van der Waals surface area contributed by atoms with Crippen molar-refractivity contribution in [2.75, 3.05) is 12.9 Å². The fourth-order valence-electron chi connectivity index (χ4n) is 2.50. The van der Waals surface area contributed by atoms with Crippen LogP contribution in [0.25, 0.3) is 11.0 Å². The van der Waals surface area contributed by atoms with Crippen LogP contribution in [0.15, 0.2) is 58.8 Å². The van der Waals surface area contributed by atoms with Crippen molar-refractivity contribution in [3.8, 4) is 5.75 Å². The molecular weight excluding hydrogens is 348 g/mol. The van der Waals surface area contributed by atoms with E-state index in [1.807, 2.05) is 48.5 Å². The highest BCUT2D eigenvalue weighted by molar-refractivity contribution is 7.99. The highest BCUT2D eigenvalue weighted by Crippen LogP contribution is 2.23. The average Bonchev–Trinajstić information content (AvgIpc) is 3.04. The van der Waals surface area contributed by atoms with Crippen LogP contribution in [-0.4, -0.2) is 34.5 Å². The number of aromatic nitrogens is 2. The molecule has 1 N–H and O–H groups in total. The zero-order valence-corrected chi connectivity index (χ0v) is 15.5. The second-order valence-electron chi connectivity index (χ2n) is 5.48. The van der Waals surface area contributed by atoms with Gasteiger partial charge < -0.3 is 9.30 Å². The van der Waals surface area contributed by atoms with Gasteiger partial charge in [-0.2, -0.15) is 5.10 Å². The third-order valence-electron chi connectivity index (χ3n) is 3.79. The molecule has 0 aliphatic rings. The molecule has 0 aliphatic heterocycles. The fourth-order valence-corrected chi connectivity index (χ4v) is 3.37. The smallest absolute Gasteiger partial charge is 0.250 e. The number of aryl methyl sites for hydroxylation is 1. The van der Waals surface area contributed by atoms with E-state index >= 15 is 0 Å². The summed E-state index contributed by atoms with van der Waals surface area (Å²) in [6, 6.07) is 15.4. The molecule has 1 heterocycles. The van der Waals surface area contributed by atoms with Gasteiger partial charge in [0.1, 0.15) is 5.75 Å². The summed E-state index contributed by atoms with van der Waals surface area (Å²) < 4.78 is 7.21. The van der Waals surface area contributed by atoms with Crippen LogP contribution >= 0.6 is 11.8 Å². The van der Waals surface area contributed by atoms with Crippen LogP contribution in [0.2, 0.25) is 0 Å². The fraction of sp³-hybridized carbons (Fsp3) is 0.211. The molecule has 0 radical (unpaired) electrons. The molecular formula is C19H20N4O2S. The van der Waals surface area contributed by atoms with Crippen molar-refractivity contribution >= 4 is 34.9 Å². The molecule has 2 aromatic carbocycles. The number of hydrazone groups is 1. The van der Waals surface area contributed by atoms with Crippen LogP contribution in [0.5, 0.6) is 5.75 Å². The van der Waals surface area contributed by atoms with Crippen LogP contribution in [0, 0.1) is 0 Å². The topological polar surface area (TPSA) is 68.5 Å². The number of thioether (sulfide) groups is 1. The summed E-state index contributed by atoms with van der Waals surface area (Å²) in [7, 11) is 1.62. The molecule has 6 nitrogen and oxygen atoms in total. The van der Waals surface area contributed by atoms with Crippen LogP contribution < -0.4 is 10.2 Å². The Labute approximate surface area is 156 Å². The predicted octanol–water partition coefficient (Wildman–Crippen LogP) is 3.31. The Bertz CT molecular complexity index is 919. The Balaban J connectivity index is 1.56. The van der Waals surface area contributed by atoms with Crippen molar-refractivity contribution in [3.05, 3.63) is 54.1 Å². The number of amides is 1. The van der Waals surface area contributed by atoms with Gasteiger partial charge in [0.05, 0.1) is 30.1 Å². The van der Waals surface area contributed by atoms with E-state index in [0.29, 0.717) is 0 Å². The molecule has 0 saturated carbocycles. The van der Waals surface area contributed by atoms with Gasteiger partial charge in [0, 0.05) is 6.54 Å². The van der Waals surface area contributed by atoms with Gasteiger partial charge in [-0.1, -0.05) is 23.9 Å². The number of hydrogen-bond acceptors (Lipinski definition) is 5. The summed E-state index contributed by atoms with van der Waals surface area (Å²) in [5.41, 5.74) is 5.44. The first-order chi connectivity index (χ1) is 12.7. The zero-order valence-electron chi connectivity index (χ0n) is 14.7.